The van der Waals surface area contributed by atoms with Gasteiger partial charge >= 0.3 is 13.6 Å². The summed E-state index contributed by atoms with van der Waals surface area (Å²) in [7, 11) is -3.35. The number of esters is 1. The first-order chi connectivity index (χ1) is 9.41. The van der Waals surface area contributed by atoms with E-state index in [9.17, 15) is 9.36 Å². The standard InChI is InChI=1S/C13H24NO5P/c1-6-17-13(15)11-12(14(11)9-10(4)5)20(16,18-7-2)19-8-3/h9,11-12H,6-8H2,1-5H3/t11-,12-,14?/m1/s1. The molecule has 2 atom stereocenters. The molecule has 0 radical (unpaired) electrons. The summed E-state index contributed by atoms with van der Waals surface area (Å²) in [6, 6.07) is -0.589. The van der Waals surface area contributed by atoms with Crippen LogP contribution in [-0.4, -0.2) is 42.5 Å². The number of ether oxygens (including phenoxy) is 1. The molecule has 7 heteroatoms. The van der Waals surface area contributed by atoms with Gasteiger partial charge in [0.05, 0.1) is 19.8 Å². The Morgan fingerprint density at radius 1 is 1.15 bits per heavy atom. The summed E-state index contributed by atoms with van der Waals surface area (Å²) in [6.45, 7) is 9.88. The van der Waals surface area contributed by atoms with Gasteiger partial charge in [0.2, 0.25) is 0 Å². The fourth-order valence-electron chi connectivity index (χ4n) is 2.05. The van der Waals surface area contributed by atoms with Crippen LogP contribution in [0, 0.1) is 0 Å². The van der Waals surface area contributed by atoms with Crippen molar-refractivity contribution in [2.24, 2.45) is 0 Å². The van der Waals surface area contributed by atoms with Gasteiger partial charge in [-0.05, 0) is 40.8 Å². The van der Waals surface area contributed by atoms with Gasteiger partial charge in [-0.15, -0.1) is 0 Å². The molecule has 0 spiro atoms. The highest BCUT2D eigenvalue weighted by Gasteiger charge is 2.63. The van der Waals surface area contributed by atoms with Gasteiger partial charge < -0.3 is 18.7 Å². The molecular weight excluding hydrogens is 281 g/mol. The quantitative estimate of drug-likeness (QED) is 0.390. The summed E-state index contributed by atoms with van der Waals surface area (Å²) in [5.74, 6) is -0.981. The molecule has 0 amide bonds. The molecule has 0 saturated carbocycles. The molecule has 0 bridgehead atoms. The molecule has 0 aromatic carbocycles. The van der Waals surface area contributed by atoms with E-state index in [0.717, 1.165) is 5.57 Å². The van der Waals surface area contributed by atoms with E-state index in [0.29, 0.717) is 0 Å². The van der Waals surface area contributed by atoms with Gasteiger partial charge in [-0.25, -0.2) is 4.79 Å². The number of hydrogen-bond acceptors (Lipinski definition) is 6. The SMILES string of the molecule is CCOC(=O)[C@H]1[C@@H](P(=O)(OCC)OCC)N1C=C(C)C. The Balaban J connectivity index is 2.96. The first-order valence-corrected chi connectivity index (χ1v) is 8.50. The predicted molar refractivity (Wildman–Crippen MR) is 76.3 cm³/mol. The van der Waals surface area contributed by atoms with Crippen molar-refractivity contribution < 1.29 is 23.1 Å². The van der Waals surface area contributed by atoms with Crippen molar-refractivity contribution in [1.29, 1.82) is 0 Å². The van der Waals surface area contributed by atoms with Crippen molar-refractivity contribution in [3.63, 3.8) is 0 Å². The van der Waals surface area contributed by atoms with Crippen molar-refractivity contribution in [2.75, 3.05) is 19.8 Å². The molecular formula is C13H24NO5P. The Morgan fingerprint density at radius 3 is 2.10 bits per heavy atom. The molecule has 0 aliphatic carbocycles. The van der Waals surface area contributed by atoms with E-state index in [1.54, 1.807) is 31.9 Å². The van der Waals surface area contributed by atoms with Crippen LogP contribution in [0.15, 0.2) is 11.8 Å². The summed E-state index contributed by atoms with van der Waals surface area (Å²) in [4.78, 5) is 13.6. The Labute approximate surface area is 120 Å². The lowest BCUT2D eigenvalue weighted by molar-refractivity contribution is -0.143. The van der Waals surface area contributed by atoms with Crippen molar-refractivity contribution in [2.45, 2.75) is 46.4 Å². The third-order valence-electron chi connectivity index (χ3n) is 2.70. The summed E-state index contributed by atoms with van der Waals surface area (Å²) in [5.41, 5.74) is 1.00. The number of nitrogens with zero attached hydrogens (tertiary/aromatic N) is 1. The number of hydrogen-bond donors (Lipinski definition) is 0. The molecule has 0 N–H and O–H groups in total. The lowest BCUT2D eigenvalue weighted by atomic mass is 10.4. The van der Waals surface area contributed by atoms with Crippen molar-refractivity contribution in [3.05, 3.63) is 11.8 Å². The fraction of sp³-hybridized carbons (Fsp3) is 0.769. The smallest absolute Gasteiger partial charge is 0.355 e. The van der Waals surface area contributed by atoms with Gasteiger partial charge in [-0.2, -0.15) is 0 Å². The summed E-state index contributed by atoms with van der Waals surface area (Å²) >= 11 is 0. The second-order valence-corrected chi connectivity index (χ2v) is 6.76. The first-order valence-electron chi connectivity index (χ1n) is 6.89. The van der Waals surface area contributed by atoms with Crippen LogP contribution in [0.4, 0.5) is 0 Å². The molecule has 1 aliphatic heterocycles. The van der Waals surface area contributed by atoms with E-state index in [1.807, 2.05) is 13.8 Å². The van der Waals surface area contributed by atoms with Crippen LogP contribution in [0.1, 0.15) is 34.6 Å². The highest BCUT2D eigenvalue weighted by atomic mass is 31.2. The van der Waals surface area contributed by atoms with Crippen LogP contribution in [0.2, 0.25) is 0 Å². The molecule has 116 valence electrons. The minimum absolute atomic E-state index is 0.270. The summed E-state index contributed by atoms with van der Waals surface area (Å²) in [5, 5.41) is 0. The highest BCUT2D eigenvalue weighted by Crippen LogP contribution is 2.63. The van der Waals surface area contributed by atoms with Crippen molar-refractivity contribution in [1.82, 2.24) is 4.90 Å². The van der Waals surface area contributed by atoms with E-state index >= 15 is 0 Å². The van der Waals surface area contributed by atoms with E-state index in [2.05, 4.69) is 0 Å². The van der Waals surface area contributed by atoms with Gasteiger partial charge in [0.25, 0.3) is 0 Å². The van der Waals surface area contributed by atoms with E-state index in [1.165, 1.54) is 0 Å². The molecule has 6 nitrogen and oxygen atoms in total. The summed E-state index contributed by atoms with van der Waals surface area (Å²) in [6.07, 6.45) is 1.79. The predicted octanol–water partition coefficient (Wildman–Crippen LogP) is 2.75. The normalized spacial score (nSPS) is 21.6. The average Bonchev–Trinajstić information content (AvgIpc) is 3.04. The summed E-state index contributed by atoms with van der Waals surface area (Å²) < 4.78 is 28.4. The Bertz CT molecular complexity index is 409. The molecule has 1 fully saturated rings. The van der Waals surface area contributed by atoms with Crippen molar-refractivity contribution in [3.8, 4) is 0 Å². The van der Waals surface area contributed by atoms with Crippen LogP contribution in [0.3, 0.4) is 0 Å². The monoisotopic (exact) mass is 305 g/mol. The second-order valence-electron chi connectivity index (χ2n) is 4.64. The second kappa shape index (κ2) is 7.25. The maximum atomic E-state index is 12.8. The van der Waals surface area contributed by atoms with Crippen molar-refractivity contribution >= 4 is 13.6 Å². The van der Waals surface area contributed by atoms with Gasteiger partial charge in [0.1, 0.15) is 0 Å². The van der Waals surface area contributed by atoms with Crippen LogP contribution >= 0.6 is 7.60 Å². The van der Waals surface area contributed by atoms with Crippen LogP contribution in [-0.2, 0) is 23.1 Å². The largest absolute Gasteiger partial charge is 0.464 e. The molecule has 20 heavy (non-hydrogen) atoms. The third kappa shape index (κ3) is 3.84. The van der Waals surface area contributed by atoms with E-state index < -0.39 is 25.4 Å². The number of allylic oxidation sites excluding steroid dienone is 1. The van der Waals surface area contributed by atoms with Gasteiger partial charge in [0.15, 0.2) is 11.8 Å². The molecule has 1 saturated heterocycles. The average molecular weight is 305 g/mol. The lowest BCUT2D eigenvalue weighted by Crippen LogP contribution is -2.16. The minimum Gasteiger partial charge on any atom is -0.464 e. The number of carbonyl (C=O) groups excluding carboxylic acids is 1. The van der Waals surface area contributed by atoms with E-state index in [-0.39, 0.29) is 19.8 Å². The topological polar surface area (TPSA) is 64.8 Å². The van der Waals surface area contributed by atoms with Gasteiger partial charge in [0, 0.05) is 0 Å². The molecule has 1 aliphatic rings. The van der Waals surface area contributed by atoms with Crippen LogP contribution < -0.4 is 0 Å². The lowest BCUT2D eigenvalue weighted by Gasteiger charge is -2.16. The molecule has 0 aromatic heterocycles. The molecule has 1 rings (SSSR count). The first kappa shape index (κ1) is 17.2. The van der Waals surface area contributed by atoms with E-state index in [4.69, 9.17) is 13.8 Å². The maximum absolute atomic E-state index is 12.8. The molecule has 1 heterocycles. The zero-order valence-corrected chi connectivity index (χ0v) is 13.7. The van der Waals surface area contributed by atoms with Crippen LogP contribution in [0.25, 0.3) is 0 Å². The number of carbonyl (C=O) groups is 1. The Hall–Kier alpha value is -0.840. The molecule has 0 unspecified atom stereocenters. The highest BCUT2D eigenvalue weighted by molar-refractivity contribution is 7.55. The zero-order valence-electron chi connectivity index (χ0n) is 12.8. The Kier molecular flexibility index (Phi) is 6.24. The van der Waals surface area contributed by atoms with Gasteiger partial charge in [-0.3, -0.25) is 4.57 Å². The minimum atomic E-state index is -3.35. The van der Waals surface area contributed by atoms with Crippen LogP contribution in [0.5, 0.6) is 0 Å². The number of rotatable bonds is 8. The molecule has 0 aromatic rings. The Morgan fingerprint density at radius 2 is 1.70 bits per heavy atom. The fourth-order valence-corrected chi connectivity index (χ4v) is 4.23. The van der Waals surface area contributed by atoms with Gasteiger partial charge in [-0.1, -0.05) is 5.57 Å². The zero-order chi connectivity index (χ0) is 15.3. The third-order valence-corrected chi connectivity index (χ3v) is 5.13. The maximum Gasteiger partial charge on any atom is 0.355 e.